The van der Waals surface area contributed by atoms with E-state index in [1.807, 2.05) is 6.92 Å². The van der Waals surface area contributed by atoms with Crippen molar-refractivity contribution >= 4 is 18.0 Å². The predicted molar refractivity (Wildman–Crippen MR) is 111 cm³/mol. The summed E-state index contributed by atoms with van der Waals surface area (Å²) in [6, 6.07) is 6.50. The van der Waals surface area contributed by atoms with Crippen LogP contribution in [-0.2, 0) is 14.3 Å². The van der Waals surface area contributed by atoms with Crippen LogP contribution in [0.1, 0.15) is 47.1 Å². The molecule has 0 N–H and O–H groups in total. The van der Waals surface area contributed by atoms with Crippen LogP contribution in [-0.4, -0.2) is 34.0 Å². The van der Waals surface area contributed by atoms with Crippen LogP contribution in [0.4, 0.5) is 0 Å². The van der Waals surface area contributed by atoms with Gasteiger partial charge in [-0.2, -0.15) is 8.42 Å². The van der Waals surface area contributed by atoms with Gasteiger partial charge in [0.05, 0.1) is 12.0 Å². The van der Waals surface area contributed by atoms with E-state index in [0.29, 0.717) is 7.92 Å². The van der Waals surface area contributed by atoms with Crippen molar-refractivity contribution in [2.24, 2.45) is 17.8 Å². The third-order valence-electron chi connectivity index (χ3n) is 3.40. The minimum atomic E-state index is -3.51. The van der Waals surface area contributed by atoms with E-state index in [-0.39, 0.29) is 4.90 Å². The Morgan fingerprint density at radius 3 is 1.48 bits per heavy atom. The lowest BCUT2D eigenvalue weighted by molar-refractivity contribution is 0.398. The number of benzene rings is 1. The van der Waals surface area contributed by atoms with Gasteiger partial charge in [-0.3, -0.25) is 4.18 Å². The Balaban J connectivity index is 0.000000462. The van der Waals surface area contributed by atoms with Gasteiger partial charge in [0.2, 0.25) is 0 Å². The first-order chi connectivity index (χ1) is 11.5. The first-order valence-corrected chi connectivity index (χ1v) is 12.4. The SMILES string of the molecule is CC(C)CP(CC(C)C)CC(C)C.COS(=O)(=O)c1ccc(C)cc1. The van der Waals surface area contributed by atoms with E-state index in [4.69, 9.17) is 0 Å². The van der Waals surface area contributed by atoms with Gasteiger partial charge >= 0.3 is 0 Å². The van der Waals surface area contributed by atoms with Crippen LogP contribution in [0.25, 0.3) is 0 Å². The Hall–Kier alpha value is -0.440. The molecule has 0 heterocycles. The fourth-order valence-electron chi connectivity index (χ4n) is 2.57. The fraction of sp³-hybridized carbons (Fsp3) is 0.700. The molecule has 25 heavy (non-hydrogen) atoms. The third-order valence-corrected chi connectivity index (χ3v) is 8.43. The lowest BCUT2D eigenvalue weighted by Gasteiger charge is -2.23. The van der Waals surface area contributed by atoms with E-state index in [1.165, 1.54) is 30.6 Å². The van der Waals surface area contributed by atoms with Crippen LogP contribution < -0.4 is 0 Å². The summed E-state index contributed by atoms with van der Waals surface area (Å²) < 4.78 is 26.5. The molecule has 1 aromatic rings. The Bertz CT molecular complexity index is 539. The number of aryl methyl sites for hydroxylation is 1. The third kappa shape index (κ3) is 11.7. The molecule has 1 aromatic carbocycles. The van der Waals surface area contributed by atoms with Gasteiger partial charge in [-0.15, -0.1) is 7.92 Å². The molecular formula is C20H37O3PS. The van der Waals surface area contributed by atoms with Crippen LogP contribution in [0.5, 0.6) is 0 Å². The van der Waals surface area contributed by atoms with Gasteiger partial charge in [-0.1, -0.05) is 59.2 Å². The van der Waals surface area contributed by atoms with E-state index in [0.717, 1.165) is 30.4 Å². The number of rotatable bonds is 8. The number of hydrogen-bond donors (Lipinski definition) is 0. The largest absolute Gasteiger partial charge is 0.296 e. The molecule has 0 aromatic heterocycles. The second-order valence-corrected chi connectivity index (χ2v) is 12.0. The highest BCUT2D eigenvalue weighted by Crippen LogP contribution is 2.41. The maximum atomic E-state index is 11.1. The first-order valence-electron chi connectivity index (χ1n) is 9.07. The van der Waals surface area contributed by atoms with Crippen molar-refractivity contribution in [3.8, 4) is 0 Å². The van der Waals surface area contributed by atoms with Crippen LogP contribution in [0, 0.1) is 24.7 Å². The predicted octanol–water partition coefficient (Wildman–Crippen LogP) is 5.77. The summed E-state index contributed by atoms with van der Waals surface area (Å²) in [6.45, 7) is 16.0. The summed E-state index contributed by atoms with van der Waals surface area (Å²) in [6.07, 6.45) is 4.43. The monoisotopic (exact) mass is 388 g/mol. The Morgan fingerprint density at radius 2 is 1.20 bits per heavy atom. The summed E-state index contributed by atoms with van der Waals surface area (Å²) in [4.78, 5) is 0.190. The van der Waals surface area contributed by atoms with E-state index >= 15 is 0 Å². The maximum Gasteiger partial charge on any atom is 0.296 e. The lowest BCUT2D eigenvalue weighted by atomic mass is 10.2. The summed E-state index contributed by atoms with van der Waals surface area (Å²) in [5.74, 6) is 2.68. The van der Waals surface area contributed by atoms with Crippen molar-refractivity contribution in [2.45, 2.75) is 53.4 Å². The van der Waals surface area contributed by atoms with Crippen molar-refractivity contribution in [3.05, 3.63) is 29.8 Å². The Labute approximate surface area is 157 Å². The first kappa shape index (κ1) is 24.6. The van der Waals surface area contributed by atoms with Gasteiger partial charge in [0.1, 0.15) is 0 Å². The Morgan fingerprint density at radius 1 is 0.840 bits per heavy atom. The molecule has 0 aliphatic rings. The second-order valence-electron chi connectivity index (χ2n) is 7.83. The minimum absolute atomic E-state index is 0.190. The second kappa shape index (κ2) is 12.0. The minimum Gasteiger partial charge on any atom is -0.270 e. The van der Waals surface area contributed by atoms with E-state index < -0.39 is 10.1 Å². The van der Waals surface area contributed by atoms with Crippen molar-refractivity contribution in [1.82, 2.24) is 0 Å². The number of hydrogen-bond acceptors (Lipinski definition) is 3. The fourth-order valence-corrected chi connectivity index (χ4v) is 6.78. The highest BCUT2D eigenvalue weighted by Gasteiger charge is 2.13. The summed E-state index contributed by atoms with van der Waals surface area (Å²) in [5, 5.41) is 0. The summed E-state index contributed by atoms with van der Waals surface area (Å²) in [5.41, 5.74) is 1.02. The van der Waals surface area contributed by atoms with E-state index in [9.17, 15) is 8.42 Å². The van der Waals surface area contributed by atoms with Crippen LogP contribution in [0.2, 0.25) is 0 Å². The van der Waals surface area contributed by atoms with E-state index in [1.54, 1.807) is 12.1 Å². The zero-order valence-electron chi connectivity index (χ0n) is 17.2. The molecule has 0 atom stereocenters. The molecular weight excluding hydrogens is 351 g/mol. The van der Waals surface area contributed by atoms with Crippen LogP contribution in [0.3, 0.4) is 0 Å². The zero-order valence-corrected chi connectivity index (χ0v) is 19.0. The molecule has 0 amide bonds. The highest BCUT2D eigenvalue weighted by atomic mass is 32.2. The Kier molecular flexibility index (Phi) is 11.8. The summed E-state index contributed by atoms with van der Waals surface area (Å²) >= 11 is 0. The molecule has 0 unspecified atom stereocenters. The van der Waals surface area contributed by atoms with Gasteiger partial charge in [0.15, 0.2) is 0 Å². The van der Waals surface area contributed by atoms with Crippen molar-refractivity contribution in [2.75, 3.05) is 25.6 Å². The molecule has 1 rings (SSSR count). The molecule has 3 nitrogen and oxygen atoms in total. The molecule has 5 heteroatoms. The van der Waals surface area contributed by atoms with Crippen molar-refractivity contribution < 1.29 is 12.6 Å². The molecule has 0 radical (unpaired) electrons. The average molecular weight is 389 g/mol. The van der Waals surface area contributed by atoms with E-state index in [2.05, 4.69) is 45.7 Å². The molecule has 0 aliphatic carbocycles. The average Bonchev–Trinajstić information content (AvgIpc) is 2.46. The van der Waals surface area contributed by atoms with Crippen LogP contribution in [0.15, 0.2) is 29.2 Å². The molecule has 0 saturated heterocycles. The van der Waals surface area contributed by atoms with Gasteiger partial charge < -0.3 is 0 Å². The molecule has 146 valence electrons. The highest BCUT2D eigenvalue weighted by molar-refractivity contribution is 7.86. The topological polar surface area (TPSA) is 43.4 Å². The van der Waals surface area contributed by atoms with Crippen LogP contribution >= 0.6 is 7.92 Å². The lowest BCUT2D eigenvalue weighted by Crippen LogP contribution is -2.07. The molecule has 0 fully saturated rings. The molecule has 0 saturated carbocycles. The van der Waals surface area contributed by atoms with Gasteiger partial charge in [0.25, 0.3) is 10.1 Å². The maximum absolute atomic E-state index is 11.1. The zero-order chi connectivity index (χ0) is 19.6. The quantitative estimate of drug-likeness (QED) is 0.420. The molecule has 0 spiro atoms. The summed E-state index contributed by atoms with van der Waals surface area (Å²) in [7, 11) is -2.05. The van der Waals surface area contributed by atoms with Gasteiger partial charge in [-0.05, 0) is 55.3 Å². The molecule has 0 bridgehead atoms. The van der Waals surface area contributed by atoms with Gasteiger partial charge in [-0.25, -0.2) is 0 Å². The standard InChI is InChI=1S/C12H27P.C8H10O3S/c1-10(2)7-13(8-11(3)4)9-12(5)6;1-7-3-5-8(6-4-7)12(9,10)11-2/h10-12H,7-9H2,1-6H3;3-6H,1-2H3. The van der Waals surface area contributed by atoms with Crippen molar-refractivity contribution in [3.63, 3.8) is 0 Å². The smallest absolute Gasteiger partial charge is 0.270 e. The van der Waals surface area contributed by atoms with Crippen molar-refractivity contribution in [1.29, 1.82) is 0 Å². The van der Waals surface area contributed by atoms with Gasteiger partial charge in [0, 0.05) is 0 Å². The molecule has 0 aliphatic heterocycles. The normalized spacial score (nSPS) is 12.0.